The lowest BCUT2D eigenvalue weighted by Crippen LogP contribution is -2.44. The Labute approximate surface area is 133 Å². The minimum atomic E-state index is -0.367. The van der Waals surface area contributed by atoms with Gasteiger partial charge >= 0.3 is 0 Å². The van der Waals surface area contributed by atoms with E-state index in [1.54, 1.807) is 29.7 Å². The fraction of sp³-hybridized carbons (Fsp3) is 0.400. The fourth-order valence-electron chi connectivity index (χ4n) is 1.80. The molecule has 2 aromatic rings. The Morgan fingerprint density at radius 3 is 2.68 bits per heavy atom. The van der Waals surface area contributed by atoms with Gasteiger partial charge in [0.1, 0.15) is 12.1 Å². The molecule has 0 bridgehead atoms. The lowest BCUT2D eigenvalue weighted by atomic mass is 10.1. The highest BCUT2D eigenvalue weighted by Gasteiger charge is 2.22. The summed E-state index contributed by atoms with van der Waals surface area (Å²) in [6.45, 7) is 7.55. The average Bonchev–Trinajstić information content (AvgIpc) is 2.85. The summed E-state index contributed by atoms with van der Waals surface area (Å²) in [5, 5.41) is 10.8. The van der Waals surface area contributed by atoms with Crippen LogP contribution in [-0.4, -0.2) is 31.5 Å². The number of para-hydroxylation sites is 1. The van der Waals surface area contributed by atoms with Crippen molar-refractivity contribution in [1.82, 2.24) is 20.1 Å². The summed E-state index contributed by atoms with van der Waals surface area (Å²) in [6, 6.07) is 6.38. The Morgan fingerprint density at radius 1 is 1.36 bits per heavy atom. The number of nitrogens with one attached hydrogen (secondary N) is 1. The maximum Gasteiger partial charge on any atom is 0.233 e. The number of halogens is 1. The molecule has 1 atom stereocenters. The zero-order valence-corrected chi connectivity index (χ0v) is 13.8. The van der Waals surface area contributed by atoms with Crippen LogP contribution in [0.15, 0.2) is 35.7 Å². The molecule has 0 radical (unpaired) electrons. The van der Waals surface area contributed by atoms with E-state index < -0.39 is 0 Å². The van der Waals surface area contributed by atoms with Crippen LogP contribution in [0.1, 0.15) is 27.7 Å². The van der Waals surface area contributed by atoms with E-state index in [9.17, 15) is 9.18 Å². The summed E-state index contributed by atoms with van der Waals surface area (Å²) in [6.07, 6.45) is 1.44. The maximum atomic E-state index is 13.9. The van der Waals surface area contributed by atoms with Gasteiger partial charge in [-0.2, -0.15) is 0 Å². The van der Waals surface area contributed by atoms with Crippen LogP contribution in [0, 0.1) is 5.82 Å². The quantitative estimate of drug-likeness (QED) is 0.879. The molecule has 22 heavy (non-hydrogen) atoms. The Morgan fingerprint density at radius 2 is 2.05 bits per heavy atom. The summed E-state index contributed by atoms with van der Waals surface area (Å²) >= 11 is 1.24. The fourth-order valence-corrected chi connectivity index (χ4v) is 2.64. The number of thioether (sulfide) groups is 1. The lowest BCUT2D eigenvalue weighted by Gasteiger charge is -2.22. The molecule has 1 N–H and O–H groups in total. The van der Waals surface area contributed by atoms with Gasteiger partial charge in [-0.25, -0.2) is 4.39 Å². The first-order valence-corrected chi connectivity index (χ1v) is 7.79. The van der Waals surface area contributed by atoms with Crippen molar-refractivity contribution in [3.63, 3.8) is 0 Å². The molecule has 0 saturated heterocycles. The van der Waals surface area contributed by atoms with E-state index in [0.29, 0.717) is 10.8 Å². The lowest BCUT2D eigenvalue weighted by molar-refractivity contribution is -0.121. The van der Waals surface area contributed by atoms with Crippen molar-refractivity contribution >= 4 is 17.7 Å². The van der Waals surface area contributed by atoms with Crippen molar-refractivity contribution in [2.24, 2.45) is 0 Å². The van der Waals surface area contributed by atoms with Crippen molar-refractivity contribution in [2.45, 2.75) is 43.6 Å². The molecule has 0 unspecified atom stereocenters. The Kier molecular flexibility index (Phi) is 4.85. The van der Waals surface area contributed by atoms with Crippen molar-refractivity contribution in [3.8, 4) is 5.69 Å². The molecule has 7 heteroatoms. The molecule has 5 nitrogen and oxygen atoms in total. The highest BCUT2D eigenvalue weighted by molar-refractivity contribution is 8.00. The number of nitrogens with zero attached hydrogens (tertiary/aromatic N) is 3. The highest BCUT2D eigenvalue weighted by atomic mass is 32.2. The third kappa shape index (κ3) is 4.07. The van der Waals surface area contributed by atoms with Gasteiger partial charge < -0.3 is 5.32 Å². The number of hydrogen-bond donors (Lipinski definition) is 1. The van der Waals surface area contributed by atoms with Crippen LogP contribution in [0.25, 0.3) is 5.69 Å². The molecule has 1 aromatic heterocycles. The van der Waals surface area contributed by atoms with E-state index in [4.69, 9.17) is 0 Å². The van der Waals surface area contributed by atoms with Crippen LogP contribution in [-0.2, 0) is 4.79 Å². The van der Waals surface area contributed by atoms with Gasteiger partial charge in [-0.3, -0.25) is 9.36 Å². The van der Waals surface area contributed by atoms with Gasteiger partial charge in [0.25, 0.3) is 0 Å². The Bertz CT molecular complexity index is 666. The SMILES string of the molecule is C[C@H](Sc1nncn1-c1ccccc1F)C(=O)NC(C)(C)C. The summed E-state index contributed by atoms with van der Waals surface area (Å²) in [4.78, 5) is 12.1. The van der Waals surface area contributed by atoms with Gasteiger partial charge in [-0.15, -0.1) is 10.2 Å². The number of rotatable bonds is 4. The number of carbonyl (C=O) groups is 1. The number of hydrogen-bond acceptors (Lipinski definition) is 4. The van der Waals surface area contributed by atoms with Gasteiger partial charge in [0.2, 0.25) is 5.91 Å². The van der Waals surface area contributed by atoms with Crippen molar-refractivity contribution in [2.75, 3.05) is 0 Å². The zero-order valence-electron chi connectivity index (χ0n) is 13.0. The molecule has 0 aliphatic rings. The van der Waals surface area contributed by atoms with Crippen LogP contribution in [0.5, 0.6) is 0 Å². The normalized spacial score (nSPS) is 13.0. The van der Waals surface area contributed by atoms with Gasteiger partial charge in [-0.05, 0) is 39.8 Å². The summed E-state index contributed by atoms with van der Waals surface area (Å²) in [5.74, 6) is -0.462. The molecule has 0 aliphatic carbocycles. The number of benzene rings is 1. The molecule has 2 rings (SSSR count). The third-order valence-electron chi connectivity index (χ3n) is 2.78. The molecule has 0 aliphatic heterocycles. The molecule has 0 saturated carbocycles. The molecule has 1 heterocycles. The van der Waals surface area contributed by atoms with Crippen LogP contribution in [0.4, 0.5) is 4.39 Å². The van der Waals surface area contributed by atoms with E-state index in [1.807, 2.05) is 20.8 Å². The van der Waals surface area contributed by atoms with Gasteiger partial charge in [0, 0.05) is 5.54 Å². The molecular formula is C15H19FN4OS. The van der Waals surface area contributed by atoms with E-state index >= 15 is 0 Å². The number of aromatic nitrogens is 3. The zero-order chi connectivity index (χ0) is 16.3. The Balaban J connectivity index is 2.17. The van der Waals surface area contributed by atoms with Gasteiger partial charge in [0.15, 0.2) is 5.16 Å². The minimum absolute atomic E-state index is 0.0967. The van der Waals surface area contributed by atoms with Crippen molar-refractivity contribution in [3.05, 3.63) is 36.4 Å². The standard InChI is InChI=1S/C15H19FN4OS/c1-10(13(21)18-15(2,3)4)22-14-19-17-9-20(14)12-8-6-5-7-11(12)16/h5-10H,1-4H3,(H,18,21)/t10-/m0/s1. The Hall–Kier alpha value is -1.89. The average molecular weight is 322 g/mol. The number of amides is 1. The summed E-state index contributed by atoms with van der Waals surface area (Å²) < 4.78 is 15.4. The van der Waals surface area contributed by atoms with E-state index in [1.165, 1.54) is 24.2 Å². The molecule has 1 amide bonds. The summed E-state index contributed by atoms with van der Waals surface area (Å²) in [5.41, 5.74) is 0.0592. The molecule has 0 fully saturated rings. The third-order valence-corrected chi connectivity index (χ3v) is 3.83. The van der Waals surface area contributed by atoms with Crippen LogP contribution in [0.3, 0.4) is 0 Å². The van der Waals surface area contributed by atoms with Crippen LogP contribution < -0.4 is 5.32 Å². The van der Waals surface area contributed by atoms with Gasteiger partial charge in [0.05, 0.1) is 10.9 Å². The van der Waals surface area contributed by atoms with E-state index in [0.717, 1.165) is 0 Å². The van der Waals surface area contributed by atoms with Crippen molar-refractivity contribution in [1.29, 1.82) is 0 Å². The largest absolute Gasteiger partial charge is 0.351 e. The molecule has 118 valence electrons. The molecular weight excluding hydrogens is 303 g/mol. The first-order valence-electron chi connectivity index (χ1n) is 6.91. The van der Waals surface area contributed by atoms with E-state index in [2.05, 4.69) is 15.5 Å². The predicted molar refractivity (Wildman–Crippen MR) is 84.5 cm³/mol. The molecule has 1 aromatic carbocycles. The second kappa shape index (κ2) is 6.48. The highest BCUT2D eigenvalue weighted by Crippen LogP contribution is 2.25. The van der Waals surface area contributed by atoms with E-state index in [-0.39, 0.29) is 22.5 Å². The topological polar surface area (TPSA) is 59.8 Å². The van der Waals surface area contributed by atoms with Crippen LogP contribution in [0.2, 0.25) is 0 Å². The minimum Gasteiger partial charge on any atom is -0.351 e. The first-order chi connectivity index (χ1) is 10.3. The predicted octanol–water partition coefficient (Wildman–Crippen LogP) is 2.80. The maximum absolute atomic E-state index is 13.9. The summed E-state index contributed by atoms with van der Waals surface area (Å²) in [7, 11) is 0. The second-order valence-corrected chi connectivity index (χ2v) is 7.24. The number of carbonyl (C=O) groups excluding carboxylic acids is 1. The van der Waals surface area contributed by atoms with Gasteiger partial charge in [-0.1, -0.05) is 23.9 Å². The second-order valence-electron chi connectivity index (χ2n) is 5.93. The smallest absolute Gasteiger partial charge is 0.233 e. The first kappa shape index (κ1) is 16.5. The molecule has 0 spiro atoms. The monoisotopic (exact) mass is 322 g/mol. The van der Waals surface area contributed by atoms with Crippen LogP contribution >= 0.6 is 11.8 Å². The van der Waals surface area contributed by atoms with Crippen molar-refractivity contribution < 1.29 is 9.18 Å².